The molecular weight excluding hydrogens is 432 g/mol. The van der Waals surface area contributed by atoms with Gasteiger partial charge in [0.15, 0.2) is 0 Å². The lowest BCUT2D eigenvalue weighted by molar-refractivity contribution is 1.49. The van der Waals surface area contributed by atoms with Gasteiger partial charge in [-0.1, -0.05) is 127 Å². The van der Waals surface area contributed by atoms with Crippen LogP contribution in [0.1, 0.15) is 13.8 Å². The maximum Gasteiger partial charge on any atom is -0.00264 e. The maximum absolute atomic E-state index is 4.25. The lowest BCUT2D eigenvalue weighted by Gasteiger charge is -2.16. The average molecular weight is 461 g/mol. The first-order valence-corrected chi connectivity index (χ1v) is 12.5. The minimum Gasteiger partial charge on any atom is -0.0961 e. The Morgan fingerprint density at radius 1 is 0.556 bits per heavy atom. The van der Waals surface area contributed by atoms with Gasteiger partial charge in [-0.15, -0.1) is 0 Å². The van der Waals surface area contributed by atoms with Gasteiger partial charge < -0.3 is 0 Å². The fourth-order valence-corrected chi connectivity index (χ4v) is 5.56. The van der Waals surface area contributed by atoms with Crippen LogP contribution in [0.15, 0.2) is 121 Å². The van der Waals surface area contributed by atoms with Crippen molar-refractivity contribution in [2.45, 2.75) is 13.8 Å². The highest BCUT2D eigenvalue weighted by molar-refractivity contribution is 6.11. The summed E-state index contributed by atoms with van der Waals surface area (Å²) >= 11 is 0. The van der Waals surface area contributed by atoms with Crippen LogP contribution in [0.25, 0.3) is 66.7 Å². The summed E-state index contributed by atoms with van der Waals surface area (Å²) < 4.78 is 0. The number of benzene rings is 6. The first-order chi connectivity index (χ1) is 17.7. The average Bonchev–Trinajstić information content (AvgIpc) is 2.92. The second-order valence-electron chi connectivity index (χ2n) is 9.49. The molecule has 0 unspecified atom stereocenters. The zero-order chi connectivity index (χ0) is 24.6. The van der Waals surface area contributed by atoms with Gasteiger partial charge in [0.05, 0.1) is 0 Å². The molecule has 0 saturated carbocycles. The van der Waals surface area contributed by atoms with Crippen molar-refractivity contribution >= 4 is 44.5 Å². The molecule has 36 heavy (non-hydrogen) atoms. The molecule has 0 bridgehead atoms. The molecule has 0 N–H and O–H groups in total. The molecule has 0 aliphatic carbocycles. The van der Waals surface area contributed by atoms with E-state index < -0.39 is 0 Å². The zero-order valence-electron chi connectivity index (χ0n) is 20.8. The van der Waals surface area contributed by atoms with Crippen LogP contribution >= 0.6 is 0 Å². The minimum atomic E-state index is 1.04. The highest BCUT2D eigenvalue weighted by atomic mass is 14.2. The van der Waals surface area contributed by atoms with Crippen molar-refractivity contribution in [3.8, 4) is 22.3 Å². The second-order valence-corrected chi connectivity index (χ2v) is 9.49. The summed E-state index contributed by atoms with van der Waals surface area (Å²) in [5, 5.41) is 10.1. The standard InChI is InChI=1S/C36H28/c1-4-29-34(22-24(2)3)35(27-13-6-5-7-14-27)31-16-10-11-17-32(31)36(29)28-21-20-26-19-18-25-12-8-9-15-30(25)33(26)23-28/h4-23H,2H2,1,3H3. The Morgan fingerprint density at radius 3 is 1.78 bits per heavy atom. The summed E-state index contributed by atoms with van der Waals surface area (Å²) in [5.74, 6) is 0. The molecule has 0 saturated heterocycles. The highest BCUT2D eigenvalue weighted by Gasteiger charge is 2.15. The minimum absolute atomic E-state index is 1.04. The van der Waals surface area contributed by atoms with E-state index in [1.807, 2.05) is 0 Å². The molecule has 6 rings (SSSR count). The maximum atomic E-state index is 4.25. The van der Waals surface area contributed by atoms with Crippen LogP contribution in [0.4, 0.5) is 0 Å². The summed E-state index contributed by atoms with van der Waals surface area (Å²) in [6.07, 6.45) is 4.50. The van der Waals surface area contributed by atoms with E-state index in [0.717, 1.165) is 5.57 Å². The third-order valence-electron chi connectivity index (χ3n) is 7.07. The third kappa shape index (κ3) is 3.63. The monoisotopic (exact) mass is 460 g/mol. The molecule has 0 heteroatoms. The Labute approximate surface area is 212 Å². The molecule has 0 spiro atoms. The lowest BCUT2D eigenvalue weighted by Crippen LogP contribution is -2.29. The molecule has 0 fully saturated rings. The molecule has 6 aromatic rings. The van der Waals surface area contributed by atoms with Crippen molar-refractivity contribution in [2.75, 3.05) is 0 Å². The molecule has 0 aromatic heterocycles. The Kier molecular flexibility index (Phi) is 5.51. The van der Waals surface area contributed by atoms with E-state index in [0.29, 0.717) is 0 Å². The van der Waals surface area contributed by atoms with Gasteiger partial charge in [0.25, 0.3) is 0 Å². The molecule has 0 radical (unpaired) electrons. The SMILES string of the molecule is C=C(C)C=c1c(-c2ccccc2)c2ccccc2c(-c2ccc3ccc4ccccc4c3c2)c1=CC. The van der Waals surface area contributed by atoms with Crippen LogP contribution in [-0.4, -0.2) is 0 Å². The van der Waals surface area contributed by atoms with Gasteiger partial charge in [0, 0.05) is 0 Å². The van der Waals surface area contributed by atoms with Crippen molar-refractivity contribution < 1.29 is 0 Å². The number of hydrogen-bond acceptors (Lipinski definition) is 0. The summed E-state index contributed by atoms with van der Waals surface area (Å²) in [6.45, 7) is 8.47. The third-order valence-corrected chi connectivity index (χ3v) is 7.07. The van der Waals surface area contributed by atoms with Crippen molar-refractivity contribution in [1.82, 2.24) is 0 Å². The molecule has 0 nitrogen and oxygen atoms in total. The topological polar surface area (TPSA) is 0 Å². The van der Waals surface area contributed by atoms with E-state index in [-0.39, 0.29) is 0 Å². The van der Waals surface area contributed by atoms with Crippen LogP contribution in [0.2, 0.25) is 0 Å². The van der Waals surface area contributed by atoms with Gasteiger partial charge in [0.2, 0.25) is 0 Å². The quantitative estimate of drug-likeness (QED) is 0.232. The van der Waals surface area contributed by atoms with Crippen molar-refractivity contribution in [3.63, 3.8) is 0 Å². The molecule has 0 atom stereocenters. The molecule has 172 valence electrons. The number of fused-ring (bicyclic) bond motifs is 4. The first-order valence-electron chi connectivity index (χ1n) is 12.5. The lowest BCUT2D eigenvalue weighted by atomic mass is 9.87. The van der Waals surface area contributed by atoms with Crippen LogP contribution < -0.4 is 10.4 Å². The van der Waals surface area contributed by atoms with Gasteiger partial charge in [-0.25, -0.2) is 0 Å². The Bertz CT molecular complexity index is 1900. The summed E-state index contributed by atoms with van der Waals surface area (Å²) in [7, 11) is 0. The van der Waals surface area contributed by atoms with E-state index in [2.05, 4.69) is 142 Å². The van der Waals surface area contributed by atoms with Gasteiger partial charge >= 0.3 is 0 Å². The van der Waals surface area contributed by atoms with Crippen LogP contribution in [0, 0.1) is 0 Å². The first kappa shape index (κ1) is 22.1. The van der Waals surface area contributed by atoms with Crippen molar-refractivity contribution in [2.24, 2.45) is 0 Å². The van der Waals surface area contributed by atoms with Crippen LogP contribution in [-0.2, 0) is 0 Å². The predicted octanol–water partition coefficient (Wildman–Crippen LogP) is 8.64. The van der Waals surface area contributed by atoms with Crippen molar-refractivity contribution in [1.29, 1.82) is 0 Å². The van der Waals surface area contributed by atoms with E-state index in [9.17, 15) is 0 Å². The van der Waals surface area contributed by atoms with Gasteiger partial charge in [0.1, 0.15) is 0 Å². The van der Waals surface area contributed by atoms with E-state index in [4.69, 9.17) is 0 Å². The highest BCUT2D eigenvalue weighted by Crippen LogP contribution is 2.34. The molecule has 6 aromatic carbocycles. The normalized spacial score (nSPS) is 12.6. The number of rotatable bonds is 3. The number of hydrogen-bond donors (Lipinski definition) is 0. The summed E-state index contributed by atoms with van der Waals surface area (Å²) in [4.78, 5) is 0. The smallest absolute Gasteiger partial charge is 0.00264 e. The van der Waals surface area contributed by atoms with Gasteiger partial charge in [-0.3, -0.25) is 0 Å². The Balaban J connectivity index is 1.81. The zero-order valence-corrected chi connectivity index (χ0v) is 20.8. The molecule has 0 heterocycles. The fourth-order valence-electron chi connectivity index (χ4n) is 5.56. The molecule has 0 aliphatic rings. The summed E-state index contributed by atoms with van der Waals surface area (Å²) in [6, 6.07) is 39.6. The fraction of sp³-hybridized carbons (Fsp3) is 0.0556. The Hall–Kier alpha value is -4.42. The second kappa shape index (κ2) is 8.98. The van der Waals surface area contributed by atoms with E-state index in [1.54, 1.807) is 0 Å². The molecule has 0 aliphatic heterocycles. The molecule has 0 amide bonds. The molecular formula is C36H28. The predicted molar refractivity (Wildman–Crippen MR) is 158 cm³/mol. The van der Waals surface area contributed by atoms with Crippen LogP contribution in [0.5, 0.6) is 0 Å². The summed E-state index contributed by atoms with van der Waals surface area (Å²) in [5.41, 5.74) is 6.04. The number of allylic oxidation sites excluding steroid dienone is 1. The van der Waals surface area contributed by atoms with Gasteiger partial charge in [-0.2, -0.15) is 0 Å². The Morgan fingerprint density at radius 2 is 1.11 bits per heavy atom. The van der Waals surface area contributed by atoms with E-state index in [1.165, 1.54) is 65.0 Å². The largest absolute Gasteiger partial charge is 0.0961 e. The van der Waals surface area contributed by atoms with Gasteiger partial charge in [-0.05, 0) is 84.9 Å². The van der Waals surface area contributed by atoms with Crippen LogP contribution in [0.3, 0.4) is 0 Å². The van der Waals surface area contributed by atoms with Crippen molar-refractivity contribution in [3.05, 3.63) is 132 Å². The van der Waals surface area contributed by atoms with E-state index >= 15 is 0 Å².